The molecule has 1 fully saturated rings. The Morgan fingerprint density at radius 3 is 2.88 bits per heavy atom. The van der Waals surface area contributed by atoms with Gasteiger partial charge in [0.15, 0.2) is 0 Å². The average molecular weight is 263 g/mol. The summed E-state index contributed by atoms with van der Waals surface area (Å²) in [7, 11) is 0. The van der Waals surface area contributed by atoms with E-state index >= 15 is 0 Å². The van der Waals surface area contributed by atoms with Crippen LogP contribution in [0.1, 0.15) is 12.6 Å². The van der Waals surface area contributed by atoms with Crippen LogP contribution in [0.2, 0.25) is 5.02 Å². The number of rotatable bonds is 2. The number of halogens is 1. The third-order valence-corrected chi connectivity index (χ3v) is 2.89. The lowest BCUT2D eigenvalue weighted by Gasteiger charge is -2.14. The first kappa shape index (κ1) is 12.3. The molecule has 1 aromatic rings. The average Bonchev–Trinajstić information content (AvgIpc) is 2.65. The van der Waals surface area contributed by atoms with Crippen molar-refractivity contribution < 1.29 is 14.9 Å². The number of H-pyrrole nitrogens is 1. The Hall–Kier alpha value is -1.15. The van der Waals surface area contributed by atoms with Gasteiger partial charge in [-0.25, -0.2) is 4.79 Å². The molecule has 0 bridgehead atoms. The van der Waals surface area contributed by atoms with Crippen molar-refractivity contribution in [1.29, 1.82) is 0 Å². The topological polar surface area (TPSA) is 105 Å². The smallest absolute Gasteiger partial charge is 0.330 e. The molecule has 3 atom stereocenters. The fraction of sp³-hybridized carbons (Fsp3) is 0.556. The highest BCUT2D eigenvalue weighted by atomic mass is 35.5. The van der Waals surface area contributed by atoms with Crippen molar-refractivity contribution in [2.75, 3.05) is 6.61 Å². The van der Waals surface area contributed by atoms with E-state index in [-0.39, 0.29) is 18.1 Å². The van der Waals surface area contributed by atoms with E-state index in [0.29, 0.717) is 0 Å². The van der Waals surface area contributed by atoms with Crippen molar-refractivity contribution in [3.63, 3.8) is 0 Å². The number of hydrogen-bond acceptors (Lipinski definition) is 5. The van der Waals surface area contributed by atoms with E-state index in [1.807, 2.05) is 4.98 Å². The molecular weight excluding hydrogens is 252 g/mol. The van der Waals surface area contributed by atoms with Crippen LogP contribution in [-0.4, -0.2) is 38.6 Å². The Morgan fingerprint density at radius 2 is 2.29 bits per heavy atom. The second-order valence-corrected chi connectivity index (χ2v) is 4.17. The number of nitrogens with zero attached hydrogens (tertiary/aromatic N) is 1. The largest absolute Gasteiger partial charge is 0.394 e. The second-order valence-electron chi connectivity index (χ2n) is 3.76. The first-order valence-corrected chi connectivity index (χ1v) is 5.36. The molecule has 1 aliphatic heterocycles. The fourth-order valence-electron chi connectivity index (χ4n) is 1.72. The van der Waals surface area contributed by atoms with Gasteiger partial charge in [0.25, 0.3) is 5.56 Å². The van der Waals surface area contributed by atoms with Gasteiger partial charge in [0.05, 0.1) is 12.7 Å². The Balaban J connectivity index is 2.34. The monoisotopic (exact) mass is 262 g/mol. The zero-order valence-electron chi connectivity index (χ0n) is 8.67. The predicted octanol–water partition coefficient (Wildman–Crippen LogP) is -1.17. The van der Waals surface area contributed by atoms with Crippen LogP contribution >= 0.6 is 11.6 Å². The van der Waals surface area contributed by atoms with Crippen molar-refractivity contribution in [1.82, 2.24) is 9.55 Å². The minimum absolute atomic E-state index is 0.143. The van der Waals surface area contributed by atoms with Crippen LogP contribution in [0.25, 0.3) is 0 Å². The SMILES string of the molecule is O=c1[nH]c(=O)n([C@H]2C[C@@H](O)[C@@H](CO)O2)cc1Cl. The quantitative estimate of drug-likeness (QED) is 0.623. The van der Waals surface area contributed by atoms with Gasteiger partial charge in [0.1, 0.15) is 17.4 Å². The first-order valence-electron chi connectivity index (χ1n) is 4.98. The third kappa shape index (κ3) is 2.27. The summed E-state index contributed by atoms with van der Waals surface area (Å²) in [5, 5.41) is 18.3. The summed E-state index contributed by atoms with van der Waals surface area (Å²) in [6.07, 6.45) is -1.04. The fourth-order valence-corrected chi connectivity index (χ4v) is 1.88. The molecule has 0 unspecified atom stereocenters. The maximum absolute atomic E-state index is 11.5. The van der Waals surface area contributed by atoms with E-state index in [4.69, 9.17) is 21.4 Å². The molecule has 0 saturated carbocycles. The standard InChI is InChI=1S/C9H11ClN2O5/c10-4-2-12(9(16)11-8(4)15)7-1-5(14)6(3-13)17-7/h2,5-7,13-14H,1,3H2,(H,11,15,16)/t5-,6-,7-/m1/s1. The lowest BCUT2D eigenvalue weighted by Crippen LogP contribution is -2.32. The summed E-state index contributed by atoms with van der Waals surface area (Å²) in [6, 6.07) is 0. The number of ether oxygens (including phenoxy) is 1. The molecule has 3 N–H and O–H groups in total. The summed E-state index contributed by atoms with van der Waals surface area (Å²) < 4.78 is 6.35. The van der Waals surface area contributed by atoms with E-state index in [9.17, 15) is 14.7 Å². The predicted molar refractivity (Wildman–Crippen MR) is 58.0 cm³/mol. The molecule has 0 aromatic carbocycles. The van der Waals surface area contributed by atoms with Crippen LogP contribution in [0.5, 0.6) is 0 Å². The summed E-state index contributed by atoms with van der Waals surface area (Å²) >= 11 is 5.60. The lowest BCUT2D eigenvalue weighted by atomic mass is 10.2. The normalized spacial score (nSPS) is 28.5. The molecular formula is C9H11ClN2O5. The molecule has 0 amide bonds. The van der Waals surface area contributed by atoms with E-state index in [1.165, 1.54) is 0 Å². The van der Waals surface area contributed by atoms with E-state index in [2.05, 4.69) is 0 Å². The van der Waals surface area contributed by atoms with Crippen LogP contribution in [0.4, 0.5) is 0 Å². The van der Waals surface area contributed by atoms with Gasteiger partial charge in [0, 0.05) is 12.6 Å². The maximum Gasteiger partial charge on any atom is 0.330 e. The lowest BCUT2D eigenvalue weighted by molar-refractivity contribution is -0.0459. The van der Waals surface area contributed by atoms with Gasteiger partial charge in [-0.2, -0.15) is 0 Å². The number of aliphatic hydroxyl groups excluding tert-OH is 2. The molecule has 0 radical (unpaired) electrons. The zero-order chi connectivity index (χ0) is 12.6. The van der Waals surface area contributed by atoms with Gasteiger partial charge in [-0.1, -0.05) is 11.6 Å². The van der Waals surface area contributed by atoms with Crippen LogP contribution < -0.4 is 11.2 Å². The summed E-state index contributed by atoms with van der Waals surface area (Å²) in [5.41, 5.74) is -1.35. The number of hydrogen-bond donors (Lipinski definition) is 3. The Bertz CT molecular complexity index is 525. The van der Waals surface area contributed by atoms with Gasteiger partial charge in [0.2, 0.25) is 0 Å². The summed E-state index contributed by atoms with van der Waals surface area (Å²) in [6.45, 7) is -0.344. The molecule has 7 nitrogen and oxygen atoms in total. The zero-order valence-corrected chi connectivity index (χ0v) is 9.42. The Kier molecular flexibility index (Phi) is 3.34. The number of aromatic nitrogens is 2. The minimum atomic E-state index is -0.859. The highest BCUT2D eigenvalue weighted by Crippen LogP contribution is 2.27. The van der Waals surface area contributed by atoms with Crippen LogP contribution in [-0.2, 0) is 4.74 Å². The number of aliphatic hydroxyl groups is 2. The van der Waals surface area contributed by atoms with E-state index in [1.54, 1.807) is 0 Å². The molecule has 0 spiro atoms. The van der Waals surface area contributed by atoms with Gasteiger partial charge < -0.3 is 14.9 Å². The Labute approximate surface area is 100 Å². The summed E-state index contributed by atoms with van der Waals surface area (Å²) in [4.78, 5) is 24.6. The first-order chi connectivity index (χ1) is 8.02. The van der Waals surface area contributed by atoms with Gasteiger partial charge in [-0.15, -0.1) is 0 Å². The second kappa shape index (κ2) is 4.61. The molecule has 1 saturated heterocycles. The highest BCUT2D eigenvalue weighted by Gasteiger charge is 2.35. The minimum Gasteiger partial charge on any atom is -0.394 e. The van der Waals surface area contributed by atoms with Crippen LogP contribution in [0, 0.1) is 0 Å². The molecule has 2 heterocycles. The maximum atomic E-state index is 11.5. The number of nitrogens with one attached hydrogen (secondary N) is 1. The van der Waals surface area contributed by atoms with E-state index in [0.717, 1.165) is 10.8 Å². The van der Waals surface area contributed by atoms with Gasteiger partial charge in [-0.05, 0) is 0 Å². The van der Waals surface area contributed by atoms with Gasteiger partial charge >= 0.3 is 5.69 Å². The van der Waals surface area contributed by atoms with Crippen molar-refractivity contribution in [3.8, 4) is 0 Å². The molecule has 1 aliphatic rings. The van der Waals surface area contributed by atoms with Crippen molar-refractivity contribution >= 4 is 11.6 Å². The molecule has 8 heteroatoms. The van der Waals surface area contributed by atoms with Crippen molar-refractivity contribution in [2.24, 2.45) is 0 Å². The van der Waals surface area contributed by atoms with Crippen molar-refractivity contribution in [2.45, 2.75) is 24.9 Å². The summed E-state index contributed by atoms with van der Waals surface area (Å²) in [5.74, 6) is 0. The highest BCUT2D eigenvalue weighted by molar-refractivity contribution is 6.30. The molecule has 94 valence electrons. The van der Waals surface area contributed by atoms with Crippen molar-refractivity contribution in [3.05, 3.63) is 32.1 Å². The number of aromatic amines is 1. The molecule has 17 heavy (non-hydrogen) atoms. The Morgan fingerprint density at radius 1 is 1.59 bits per heavy atom. The third-order valence-electron chi connectivity index (χ3n) is 2.62. The molecule has 1 aromatic heterocycles. The molecule has 2 rings (SSSR count). The van der Waals surface area contributed by atoms with Gasteiger partial charge in [-0.3, -0.25) is 14.3 Å². The van der Waals surface area contributed by atoms with Crippen LogP contribution in [0.15, 0.2) is 15.8 Å². The van der Waals surface area contributed by atoms with Crippen LogP contribution in [0.3, 0.4) is 0 Å². The molecule has 0 aliphatic carbocycles. The van der Waals surface area contributed by atoms with E-state index < -0.39 is 29.7 Å².